The van der Waals surface area contributed by atoms with Gasteiger partial charge in [0.15, 0.2) is 0 Å². The van der Waals surface area contributed by atoms with E-state index < -0.39 is 11.8 Å². The standard InChI is InChI=1S/C25H26Cl2N4O3S/c1-25(2)22-17(23(33)31(25)20(32)11-14-4-3-5-15(26)10-14)12-19(35-22)21-18(27)13-28-24(30-21)29-16-6-8-34-9-7-16/h3-5,10,12-13,16,20,32H,6-9,11H2,1-2H3,(H,28,29,30)/t20-/m0/s1. The summed E-state index contributed by atoms with van der Waals surface area (Å²) in [5.41, 5.74) is 1.32. The number of halogens is 2. The first-order chi connectivity index (χ1) is 16.7. The number of amides is 1. The maximum Gasteiger partial charge on any atom is 0.257 e. The molecule has 10 heteroatoms. The number of fused-ring (bicyclic) bond motifs is 1. The molecule has 0 aliphatic carbocycles. The van der Waals surface area contributed by atoms with E-state index in [1.807, 2.05) is 32.0 Å². The molecule has 1 amide bonds. The molecule has 5 rings (SSSR count). The zero-order valence-electron chi connectivity index (χ0n) is 19.4. The molecule has 7 nitrogen and oxygen atoms in total. The van der Waals surface area contributed by atoms with Gasteiger partial charge < -0.3 is 20.1 Å². The molecule has 2 aliphatic rings. The van der Waals surface area contributed by atoms with Gasteiger partial charge in [0, 0.05) is 35.6 Å². The van der Waals surface area contributed by atoms with Gasteiger partial charge >= 0.3 is 0 Å². The third-order valence-electron chi connectivity index (χ3n) is 6.48. The predicted molar refractivity (Wildman–Crippen MR) is 138 cm³/mol. The summed E-state index contributed by atoms with van der Waals surface area (Å²) in [6.45, 7) is 5.31. The van der Waals surface area contributed by atoms with Crippen molar-refractivity contribution in [3.63, 3.8) is 0 Å². The van der Waals surface area contributed by atoms with Crippen molar-refractivity contribution in [2.24, 2.45) is 0 Å². The highest BCUT2D eigenvalue weighted by molar-refractivity contribution is 7.16. The van der Waals surface area contributed by atoms with Crippen molar-refractivity contribution >= 4 is 46.4 Å². The van der Waals surface area contributed by atoms with E-state index in [9.17, 15) is 9.90 Å². The van der Waals surface area contributed by atoms with Crippen LogP contribution in [-0.4, -0.2) is 51.4 Å². The van der Waals surface area contributed by atoms with E-state index >= 15 is 0 Å². The number of nitrogens with zero attached hydrogens (tertiary/aromatic N) is 3. The molecule has 1 saturated heterocycles. The highest BCUT2D eigenvalue weighted by Gasteiger charge is 2.48. The summed E-state index contributed by atoms with van der Waals surface area (Å²) in [5, 5.41) is 15.4. The lowest BCUT2D eigenvalue weighted by atomic mass is 10.0. The molecule has 2 aromatic heterocycles. The molecule has 2 N–H and O–H groups in total. The van der Waals surface area contributed by atoms with Crippen LogP contribution in [0.5, 0.6) is 0 Å². The van der Waals surface area contributed by atoms with Gasteiger partial charge in [-0.3, -0.25) is 4.79 Å². The highest BCUT2D eigenvalue weighted by atomic mass is 35.5. The van der Waals surface area contributed by atoms with E-state index in [0.29, 0.717) is 40.5 Å². The third kappa shape index (κ3) is 4.78. The molecule has 35 heavy (non-hydrogen) atoms. The van der Waals surface area contributed by atoms with E-state index in [-0.39, 0.29) is 18.4 Å². The summed E-state index contributed by atoms with van der Waals surface area (Å²) in [6, 6.07) is 9.38. The SMILES string of the molecule is CC1(C)c2sc(-c3nc(NC4CCOCC4)ncc3Cl)cc2C(=O)N1[C@@H](O)Cc1cccc(Cl)c1. The lowest BCUT2D eigenvalue weighted by Gasteiger charge is -2.36. The summed E-state index contributed by atoms with van der Waals surface area (Å²) in [7, 11) is 0. The maximum atomic E-state index is 13.4. The van der Waals surface area contributed by atoms with Crippen LogP contribution >= 0.6 is 34.5 Å². The lowest BCUT2D eigenvalue weighted by Crippen LogP contribution is -2.47. The van der Waals surface area contributed by atoms with Gasteiger partial charge in [-0.25, -0.2) is 9.97 Å². The molecular weight excluding hydrogens is 507 g/mol. The number of hydrogen-bond acceptors (Lipinski definition) is 7. The van der Waals surface area contributed by atoms with Crippen molar-refractivity contribution in [1.82, 2.24) is 14.9 Å². The molecule has 2 aliphatic heterocycles. The number of aromatic nitrogens is 2. The van der Waals surface area contributed by atoms with Gasteiger partial charge in [0.25, 0.3) is 5.91 Å². The van der Waals surface area contributed by atoms with Gasteiger partial charge in [-0.05, 0) is 50.5 Å². The Kier molecular flexibility index (Phi) is 6.76. The smallest absolute Gasteiger partial charge is 0.257 e. The normalized spacial score (nSPS) is 18.5. The van der Waals surface area contributed by atoms with Gasteiger partial charge in [0.05, 0.1) is 27.2 Å². The fraction of sp³-hybridized carbons (Fsp3) is 0.400. The summed E-state index contributed by atoms with van der Waals surface area (Å²) in [5.74, 6) is 0.293. The largest absolute Gasteiger partial charge is 0.381 e. The molecule has 0 spiro atoms. The van der Waals surface area contributed by atoms with E-state index in [0.717, 1.165) is 28.2 Å². The number of ether oxygens (including phenoxy) is 1. The second-order valence-electron chi connectivity index (χ2n) is 9.32. The van der Waals surface area contributed by atoms with Crippen molar-refractivity contribution in [3.8, 4) is 10.6 Å². The number of carbonyl (C=O) groups is 1. The second-order valence-corrected chi connectivity index (χ2v) is 11.2. The molecule has 1 fully saturated rings. The number of thiophene rings is 1. The van der Waals surface area contributed by atoms with E-state index in [1.165, 1.54) is 11.3 Å². The third-order valence-corrected chi connectivity index (χ3v) is 8.44. The fourth-order valence-corrected chi connectivity index (χ4v) is 6.44. The summed E-state index contributed by atoms with van der Waals surface area (Å²) in [6.07, 6.45) is 2.67. The molecule has 184 valence electrons. The number of aliphatic hydroxyl groups is 1. The van der Waals surface area contributed by atoms with Gasteiger partial charge in [-0.1, -0.05) is 35.3 Å². The van der Waals surface area contributed by atoms with E-state index in [4.69, 9.17) is 27.9 Å². The minimum atomic E-state index is -0.989. The van der Waals surface area contributed by atoms with Crippen molar-refractivity contribution in [2.75, 3.05) is 18.5 Å². The molecule has 0 bridgehead atoms. The first kappa shape index (κ1) is 24.5. The van der Waals surface area contributed by atoms with Gasteiger partial charge in [-0.15, -0.1) is 11.3 Å². The van der Waals surface area contributed by atoms with Crippen molar-refractivity contribution in [1.29, 1.82) is 0 Å². The van der Waals surface area contributed by atoms with Crippen LogP contribution in [0.25, 0.3) is 10.6 Å². The first-order valence-corrected chi connectivity index (χ1v) is 13.1. The number of rotatable bonds is 6. The van der Waals surface area contributed by atoms with E-state index in [1.54, 1.807) is 23.2 Å². The van der Waals surface area contributed by atoms with Gasteiger partial charge in [0.2, 0.25) is 5.95 Å². The Labute approximate surface area is 218 Å². The Morgan fingerprint density at radius 2 is 2.06 bits per heavy atom. The molecule has 0 unspecified atom stereocenters. The minimum absolute atomic E-state index is 0.215. The summed E-state index contributed by atoms with van der Waals surface area (Å²) >= 11 is 14.0. The molecule has 1 aromatic carbocycles. The van der Waals surface area contributed by atoms with Crippen molar-refractivity contribution in [2.45, 2.75) is 50.9 Å². The number of carbonyl (C=O) groups excluding carboxylic acids is 1. The predicted octanol–water partition coefficient (Wildman–Crippen LogP) is 5.35. The average Bonchev–Trinajstić information content (AvgIpc) is 3.34. The number of aliphatic hydroxyl groups excluding tert-OH is 1. The topological polar surface area (TPSA) is 87.6 Å². The molecule has 0 saturated carbocycles. The number of benzene rings is 1. The maximum absolute atomic E-state index is 13.4. The van der Waals surface area contributed by atoms with Gasteiger partial charge in [0.1, 0.15) is 11.9 Å². The van der Waals surface area contributed by atoms with Crippen LogP contribution in [0, 0.1) is 0 Å². The lowest BCUT2D eigenvalue weighted by molar-refractivity contribution is -0.0297. The average molecular weight is 533 g/mol. The van der Waals surface area contributed by atoms with Crippen LogP contribution in [0.3, 0.4) is 0 Å². The van der Waals surface area contributed by atoms with Crippen LogP contribution in [0.15, 0.2) is 36.5 Å². The second kappa shape index (κ2) is 9.67. The quantitative estimate of drug-likeness (QED) is 0.444. The summed E-state index contributed by atoms with van der Waals surface area (Å²) < 4.78 is 5.42. The Bertz CT molecular complexity index is 1260. The molecule has 4 heterocycles. The first-order valence-electron chi connectivity index (χ1n) is 11.5. The Morgan fingerprint density at radius 1 is 1.29 bits per heavy atom. The van der Waals surface area contributed by atoms with E-state index in [2.05, 4.69) is 15.3 Å². The van der Waals surface area contributed by atoms with Crippen LogP contribution in [0.2, 0.25) is 10.0 Å². The van der Waals surface area contributed by atoms with Crippen LogP contribution in [0.4, 0.5) is 5.95 Å². The molecule has 1 atom stereocenters. The fourth-order valence-electron chi connectivity index (χ4n) is 4.72. The molecular formula is C25H26Cl2N4O3S. The highest BCUT2D eigenvalue weighted by Crippen LogP contribution is 2.47. The monoisotopic (exact) mass is 532 g/mol. The Balaban J connectivity index is 1.40. The van der Waals surface area contributed by atoms with Crippen molar-refractivity contribution in [3.05, 3.63) is 62.6 Å². The zero-order valence-corrected chi connectivity index (χ0v) is 21.8. The Hall–Kier alpha value is -2.23. The Morgan fingerprint density at radius 3 is 2.77 bits per heavy atom. The minimum Gasteiger partial charge on any atom is -0.381 e. The van der Waals surface area contributed by atoms with Gasteiger partial charge in [-0.2, -0.15) is 0 Å². The number of nitrogens with one attached hydrogen (secondary N) is 1. The summed E-state index contributed by atoms with van der Waals surface area (Å²) in [4.78, 5) is 25.6. The zero-order chi connectivity index (χ0) is 24.7. The molecule has 0 radical (unpaired) electrons. The number of anilines is 1. The molecule has 3 aromatic rings. The van der Waals surface area contributed by atoms with Crippen LogP contribution in [0.1, 0.15) is 47.5 Å². The van der Waals surface area contributed by atoms with Crippen LogP contribution < -0.4 is 5.32 Å². The number of hydrogen-bond donors (Lipinski definition) is 2. The van der Waals surface area contributed by atoms with Crippen LogP contribution in [-0.2, 0) is 16.7 Å². The van der Waals surface area contributed by atoms with Crippen molar-refractivity contribution < 1.29 is 14.6 Å².